The predicted octanol–water partition coefficient (Wildman–Crippen LogP) is 2.91. The van der Waals surface area contributed by atoms with Crippen LogP contribution in [0.15, 0.2) is 36.4 Å². The van der Waals surface area contributed by atoms with Gasteiger partial charge in [0.25, 0.3) is 0 Å². The first kappa shape index (κ1) is 12.9. The smallest absolute Gasteiger partial charge is 0.335 e. The zero-order valence-corrected chi connectivity index (χ0v) is 10.1. The van der Waals surface area contributed by atoms with E-state index in [1.807, 2.05) is 0 Å². The van der Waals surface area contributed by atoms with Gasteiger partial charge in [-0.2, -0.15) is 0 Å². The molecule has 19 heavy (non-hydrogen) atoms. The quantitative estimate of drug-likeness (QED) is 0.892. The number of halogens is 1. The maximum atomic E-state index is 13.7. The van der Waals surface area contributed by atoms with E-state index in [4.69, 9.17) is 9.84 Å². The van der Waals surface area contributed by atoms with Crippen LogP contribution in [0.4, 0.5) is 4.39 Å². The van der Waals surface area contributed by atoms with E-state index in [-0.39, 0.29) is 28.2 Å². The Hall–Kier alpha value is -2.56. The van der Waals surface area contributed by atoms with Crippen molar-refractivity contribution in [2.75, 3.05) is 7.11 Å². The molecule has 0 aliphatic carbocycles. The normalized spacial score (nSPS) is 10.2. The van der Waals surface area contributed by atoms with Crippen molar-refractivity contribution in [2.45, 2.75) is 0 Å². The highest BCUT2D eigenvalue weighted by Gasteiger charge is 2.17. The fourth-order valence-corrected chi connectivity index (χ4v) is 1.77. The molecule has 0 aliphatic heterocycles. The van der Waals surface area contributed by atoms with Crippen LogP contribution in [0.2, 0.25) is 0 Å². The molecule has 2 aromatic carbocycles. The molecule has 98 valence electrons. The maximum absolute atomic E-state index is 13.7. The maximum Gasteiger partial charge on any atom is 0.335 e. The Morgan fingerprint density at radius 2 is 1.89 bits per heavy atom. The first-order valence-electron chi connectivity index (χ1n) is 5.43. The SMILES string of the molecule is COc1cc(C(=O)O)cc(-c2ccccc2F)c1O. The molecule has 2 aromatic rings. The Labute approximate surface area is 108 Å². The second-order valence-electron chi connectivity index (χ2n) is 3.86. The summed E-state index contributed by atoms with van der Waals surface area (Å²) in [7, 11) is 1.30. The summed E-state index contributed by atoms with van der Waals surface area (Å²) >= 11 is 0. The molecule has 0 aromatic heterocycles. The Kier molecular flexibility index (Phi) is 3.37. The number of ether oxygens (including phenoxy) is 1. The Bertz CT molecular complexity index is 637. The number of hydrogen-bond donors (Lipinski definition) is 2. The van der Waals surface area contributed by atoms with Gasteiger partial charge < -0.3 is 14.9 Å². The minimum atomic E-state index is -1.18. The fraction of sp³-hybridized carbons (Fsp3) is 0.0714. The average Bonchev–Trinajstić information content (AvgIpc) is 2.39. The third kappa shape index (κ3) is 2.35. The summed E-state index contributed by atoms with van der Waals surface area (Å²) < 4.78 is 18.6. The third-order valence-corrected chi connectivity index (χ3v) is 2.71. The van der Waals surface area contributed by atoms with Crippen LogP contribution in [0.5, 0.6) is 11.5 Å². The predicted molar refractivity (Wildman–Crippen MR) is 67.0 cm³/mol. The van der Waals surface area contributed by atoms with E-state index in [9.17, 15) is 14.3 Å². The second kappa shape index (κ2) is 4.97. The number of rotatable bonds is 3. The average molecular weight is 262 g/mol. The van der Waals surface area contributed by atoms with Gasteiger partial charge in [0.2, 0.25) is 0 Å². The summed E-state index contributed by atoms with van der Waals surface area (Å²) in [6.45, 7) is 0. The van der Waals surface area contributed by atoms with Gasteiger partial charge in [0.1, 0.15) is 5.82 Å². The highest BCUT2D eigenvalue weighted by Crippen LogP contribution is 2.39. The van der Waals surface area contributed by atoms with Crippen molar-refractivity contribution in [3.05, 3.63) is 47.8 Å². The first-order chi connectivity index (χ1) is 9.04. The van der Waals surface area contributed by atoms with Gasteiger partial charge in [0, 0.05) is 11.1 Å². The molecule has 0 saturated heterocycles. The molecule has 0 aliphatic rings. The van der Waals surface area contributed by atoms with Crippen LogP contribution in [-0.2, 0) is 0 Å². The zero-order valence-electron chi connectivity index (χ0n) is 10.1. The van der Waals surface area contributed by atoms with E-state index in [2.05, 4.69) is 0 Å². The largest absolute Gasteiger partial charge is 0.504 e. The lowest BCUT2D eigenvalue weighted by Crippen LogP contribution is -1.99. The second-order valence-corrected chi connectivity index (χ2v) is 3.86. The highest BCUT2D eigenvalue weighted by atomic mass is 19.1. The van der Waals surface area contributed by atoms with Crippen molar-refractivity contribution in [3.8, 4) is 22.6 Å². The van der Waals surface area contributed by atoms with Crippen molar-refractivity contribution in [1.82, 2.24) is 0 Å². The lowest BCUT2D eigenvalue weighted by molar-refractivity contribution is 0.0696. The van der Waals surface area contributed by atoms with E-state index < -0.39 is 11.8 Å². The lowest BCUT2D eigenvalue weighted by Gasteiger charge is -2.11. The van der Waals surface area contributed by atoms with Crippen molar-refractivity contribution < 1.29 is 24.1 Å². The van der Waals surface area contributed by atoms with Gasteiger partial charge in [-0.1, -0.05) is 18.2 Å². The van der Waals surface area contributed by atoms with Crippen LogP contribution >= 0.6 is 0 Å². The molecule has 0 atom stereocenters. The summed E-state index contributed by atoms with van der Waals surface area (Å²) in [5.41, 5.74) is 0.101. The number of aromatic carboxylic acids is 1. The summed E-state index contributed by atoms with van der Waals surface area (Å²) in [6.07, 6.45) is 0. The van der Waals surface area contributed by atoms with E-state index >= 15 is 0 Å². The summed E-state index contributed by atoms with van der Waals surface area (Å²) in [5, 5.41) is 19.0. The monoisotopic (exact) mass is 262 g/mol. The Balaban J connectivity index is 2.72. The van der Waals surface area contributed by atoms with E-state index in [0.717, 1.165) is 0 Å². The van der Waals surface area contributed by atoms with Crippen LogP contribution in [-0.4, -0.2) is 23.3 Å². The number of carbonyl (C=O) groups is 1. The van der Waals surface area contributed by atoms with Gasteiger partial charge in [-0.3, -0.25) is 0 Å². The van der Waals surface area contributed by atoms with Crippen LogP contribution < -0.4 is 4.74 Å². The van der Waals surface area contributed by atoms with Gasteiger partial charge >= 0.3 is 5.97 Å². The molecular formula is C14H11FO4. The molecule has 0 fully saturated rings. The molecule has 4 nitrogen and oxygen atoms in total. The van der Waals surface area contributed by atoms with Crippen molar-refractivity contribution in [1.29, 1.82) is 0 Å². The van der Waals surface area contributed by atoms with Gasteiger partial charge in [-0.05, 0) is 18.2 Å². The molecule has 0 radical (unpaired) electrons. The van der Waals surface area contributed by atoms with Crippen molar-refractivity contribution >= 4 is 5.97 Å². The third-order valence-electron chi connectivity index (χ3n) is 2.71. The molecule has 2 rings (SSSR count). The molecule has 0 heterocycles. The minimum Gasteiger partial charge on any atom is -0.504 e. The van der Waals surface area contributed by atoms with Crippen LogP contribution in [0, 0.1) is 5.82 Å². The van der Waals surface area contributed by atoms with Crippen LogP contribution in [0.3, 0.4) is 0 Å². The standard InChI is InChI=1S/C14H11FO4/c1-19-12-7-8(14(17)18)6-10(13(12)16)9-4-2-3-5-11(9)15/h2-7,16H,1H3,(H,17,18). The molecule has 0 spiro atoms. The van der Waals surface area contributed by atoms with Gasteiger partial charge in [0.15, 0.2) is 11.5 Å². The van der Waals surface area contributed by atoms with E-state index in [1.165, 1.54) is 37.4 Å². The van der Waals surface area contributed by atoms with Gasteiger partial charge in [-0.15, -0.1) is 0 Å². The summed E-state index contributed by atoms with van der Waals surface area (Å²) in [4.78, 5) is 11.0. The number of benzene rings is 2. The molecule has 0 saturated carbocycles. The zero-order chi connectivity index (χ0) is 14.0. The number of phenolic OH excluding ortho intramolecular Hbond substituents is 1. The van der Waals surface area contributed by atoms with Crippen LogP contribution in [0.1, 0.15) is 10.4 Å². The van der Waals surface area contributed by atoms with E-state index in [0.29, 0.717) is 0 Å². The first-order valence-corrected chi connectivity index (χ1v) is 5.43. The Morgan fingerprint density at radius 1 is 1.21 bits per heavy atom. The summed E-state index contributed by atoms with van der Waals surface area (Å²) in [5.74, 6) is -2.05. The number of hydrogen-bond acceptors (Lipinski definition) is 3. The number of carboxylic acids is 1. The lowest BCUT2D eigenvalue weighted by atomic mass is 10.0. The number of methoxy groups -OCH3 is 1. The number of phenols is 1. The minimum absolute atomic E-state index is 0.0156. The van der Waals surface area contributed by atoms with E-state index in [1.54, 1.807) is 6.07 Å². The highest BCUT2D eigenvalue weighted by molar-refractivity contribution is 5.91. The van der Waals surface area contributed by atoms with Gasteiger partial charge in [0.05, 0.1) is 12.7 Å². The number of carboxylic acid groups (broad SMARTS) is 1. The fourth-order valence-electron chi connectivity index (χ4n) is 1.77. The van der Waals surface area contributed by atoms with Crippen molar-refractivity contribution in [2.24, 2.45) is 0 Å². The van der Waals surface area contributed by atoms with Crippen LogP contribution in [0.25, 0.3) is 11.1 Å². The molecular weight excluding hydrogens is 251 g/mol. The molecule has 5 heteroatoms. The topological polar surface area (TPSA) is 66.8 Å². The summed E-state index contributed by atoms with van der Waals surface area (Å²) in [6, 6.07) is 8.18. The Morgan fingerprint density at radius 3 is 2.47 bits per heavy atom. The molecule has 0 unspecified atom stereocenters. The molecule has 0 amide bonds. The van der Waals surface area contributed by atoms with Gasteiger partial charge in [-0.25, -0.2) is 9.18 Å². The number of aromatic hydroxyl groups is 1. The molecule has 2 N–H and O–H groups in total. The molecule has 0 bridgehead atoms. The van der Waals surface area contributed by atoms with Crippen molar-refractivity contribution in [3.63, 3.8) is 0 Å².